The SMILES string of the molecule is C/C=C(O)\C(=C/C)NC(=O)c1ccc(C)c(C)c1. The van der Waals surface area contributed by atoms with Crippen LogP contribution in [0.3, 0.4) is 0 Å². The lowest BCUT2D eigenvalue weighted by molar-refractivity contribution is 0.0964. The molecule has 0 saturated heterocycles. The standard InChI is InChI=1S/C15H19NO2/c1-5-13(14(17)6-2)16-15(18)12-8-7-10(3)11(4)9-12/h5-9,17H,1-4H3,(H,16,18)/b13-5+,14-6+. The number of carbonyl (C=O) groups excluding carboxylic acids is 1. The zero-order chi connectivity index (χ0) is 13.7. The maximum atomic E-state index is 12.0. The third-order valence-electron chi connectivity index (χ3n) is 2.86. The Balaban J connectivity index is 2.92. The second kappa shape index (κ2) is 6.05. The minimum Gasteiger partial charge on any atom is -0.506 e. The molecule has 1 aromatic carbocycles. The third-order valence-corrected chi connectivity index (χ3v) is 2.86. The van der Waals surface area contributed by atoms with E-state index in [1.165, 1.54) is 6.08 Å². The van der Waals surface area contributed by atoms with Crippen LogP contribution in [0.25, 0.3) is 0 Å². The van der Waals surface area contributed by atoms with E-state index in [2.05, 4.69) is 5.32 Å². The van der Waals surface area contributed by atoms with E-state index in [1.54, 1.807) is 26.0 Å². The molecule has 0 aliphatic carbocycles. The Morgan fingerprint density at radius 1 is 1.17 bits per heavy atom. The molecule has 0 saturated carbocycles. The number of aryl methyl sites for hydroxylation is 2. The minimum absolute atomic E-state index is 0.0645. The summed E-state index contributed by atoms with van der Waals surface area (Å²) >= 11 is 0. The second-order valence-corrected chi connectivity index (χ2v) is 4.13. The third kappa shape index (κ3) is 3.23. The Hall–Kier alpha value is -2.03. The van der Waals surface area contributed by atoms with Gasteiger partial charge in [0.2, 0.25) is 0 Å². The summed E-state index contributed by atoms with van der Waals surface area (Å²) in [5, 5.41) is 12.3. The van der Waals surface area contributed by atoms with Gasteiger partial charge in [-0.1, -0.05) is 12.1 Å². The Morgan fingerprint density at radius 2 is 1.83 bits per heavy atom. The van der Waals surface area contributed by atoms with Gasteiger partial charge in [0.1, 0.15) is 5.76 Å². The largest absolute Gasteiger partial charge is 0.506 e. The molecule has 0 spiro atoms. The number of aliphatic hydroxyl groups is 1. The topological polar surface area (TPSA) is 49.3 Å². The summed E-state index contributed by atoms with van der Waals surface area (Å²) < 4.78 is 0. The Bertz CT molecular complexity index is 513. The predicted octanol–water partition coefficient (Wildman–Crippen LogP) is 3.40. The summed E-state index contributed by atoms with van der Waals surface area (Å²) in [7, 11) is 0. The van der Waals surface area contributed by atoms with E-state index < -0.39 is 0 Å². The molecule has 0 unspecified atom stereocenters. The molecule has 2 N–H and O–H groups in total. The maximum Gasteiger partial charge on any atom is 0.255 e. The molecule has 0 atom stereocenters. The lowest BCUT2D eigenvalue weighted by Gasteiger charge is -2.09. The van der Waals surface area contributed by atoms with Crippen LogP contribution in [0.5, 0.6) is 0 Å². The highest BCUT2D eigenvalue weighted by Gasteiger charge is 2.10. The highest BCUT2D eigenvalue weighted by atomic mass is 16.3. The average molecular weight is 245 g/mol. The van der Waals surface area contributed by atoms with Gasteiger partial charge in [-0.25, -0.2) is 0 Å². The number of allylic oxidation sites excluding steroid dienone is 2. The molecule has 0 radical (unpaired) electrons. The van der Waals surface area contributed by atoms with Gasteiger partial charge in [0.15, 0.2) is 0 Å². The van der Waals surface area contributed by atoms with Crippen molar-refractivity contribution in [1.29, 1.82) is 0 Å². The van der Waals surface area contributed by atoms with E-state index in [0.717, 1.165) is 11.1 Å². The zero-order valence-corrected chi connectivity index (χ0v) is 11.2. The van der Waals surface area contributed by atoms with Gasteiger partial charge >= 0.3 is 0 Å². The van der Waals surface area contributed by atoms with Crippen molar-refractivity contribution in [2.24, 2.45) is 0 Å². The van der Waals surface area contributed by atoms with Gasteiger partial charge in [-0.15, -0.1) is 0 Å². The summed E-state index contributed by atoms with van der Waals surface area (Å²) in [5.74, 6) is -0.158. The van der Waals surface area contributed by atoms with E-state index >= 15 is 0 Å². The van der Waals surface area contributed by atoms with Crippen molar-refractivity contribution in [2.45, 2.75) is 27.7 Å². The summed E-state index contributed by atoms with van der Waals surface area (Å²) in [6.45, 7) is 7.43. The Kier molecular flexibility index (Phi) is 4.72. The number of hydrogen-bond donors (Lipinski definition) is 2. The van der Waals surface area contributed by atoms with Crippen molar-refractivity contribution in [2.75, 3.05) is 0 Å². The molecule has 1 aromatic rings. The molecule has 0 fully saturated rings. The van der Waals surface area contributed by atoms with Gasteiger partial charge in [-0.3, -0.25) is 4.79 Å². The molecule has 18 heavy (non-hydrogen) atoms. The van der Waals surface area contributed by atoms with Crippen molar-refractivity contribution >= 4 is 5.91 Å². The van der Waals surface area contributed by atoms with Crippen LogP contribution in [-0.4, -0.2) is 11.0 Å². The van der Waals surface area contributed by atoms with E-state index in [0.29, 0.717) is 11.3 Å². The fourth-order valence-electron chi connectivity index (χ4n) is 1.52. The minimum atomic E-state index is -0.223. The van der Waals surface area contributed by atoms with E-state index in [1.807, 2.05) is 26.0 Å². The van der Waals surface area contributed by atoms with Crippen LogP contribution in [0.15, 0.2) is 41.8 Å². The highest BCUT2D eigenvalue weighted by Crippen LogP contribution is 2.11. The number of amides is 1. The molecule has 0 aliphatic heterocycles. The molecule has 3 heteroatoms. The summed E-state index contributed by atoms with van der Waals surface area (Å²) in [5.41, 5.74) is 3.22. The monoisotopic (exact) mass is 245 g/mol. The number of carbonyl (C=O) groups is 1. The quantitative estimate of drug-likeness (QED) is 0.633. The molecule has 1 rings (SSSR count). The van der Waals surface area contributed by atoms with Gasteiger partial charge in [-0.05, 0) is 57.0 Å². The van der Waals surface area contributed by atoms with Gasteiger partial charge in [0.05, 0.1) is 5.70 Å². The predicted molar refractivity (Wildman–Crippen MR) is 73.5 cm³/mol. The highest BCUT2D eigenvalue weighted by molar-refractivity contribution is 5.95. The van der Waals surface area contributed by atoms with E-state index in [-0.39, 0.29) is 11.7 Å². The molecule has 0 aliphatic rings. The molecule has 3 nitrogen and oxygen atoms in total. The summed E-state index contributed by atoms with van der Waals surface area (Å²) in [6, 6.07) is 5.53. The molecule has 96 valence electrons. The molecular weight excluding hydrogens is 226 g/mol. The van der Waals surface area contributed by atoms with Gasteiger partial charge in [0, 0.05) is 5.56 Å². The smallest absolute Gasteiger partial charge is 0.255 e. The maximum absolute atomic E-state index is 12.0. The van der Waals surface area contributed by atoms with Gasteiger partial charge < -0.3 is 10.4 Å². The Morgan fingerprint density at radius 3 is 2.33 bits per heavy atom. The lowest BCUT2D eigenvalue weighted by Crippen LogP contribution is -2.23. The number of aliphatic hydroxyl groups excluding tert-OH is 1. The van der Waals surface area contributed by atoms with Crippen LogP contribution in [0.1, 0.15) is 35.3 Å². The fourth-order valence-corrected chi connectivity index (χ4v) is 1.52. The van der Waals surface area contributed by atoms with Crippen molar-refractivity contribution < 1.29 is 9.90 Å². The van der Waals surface area contributed by atoms with Crippen molar-refractivity contribution in [3.05, 3.63) is 58.5 Å². The molecule has 0 bridgehead atoms. The lowest BCUT2D eigenvalue weighted by atomic mass is 10.1. The first-order valence-electron chi connectivity index (χ1n) is 5.90. The zero-order valence-electron chi connectivity index (χ0n) is 11.2. The second-order valence-electron chi connectivity index (χ2n) is 4.13. The summed E-state index contributed by atoms with van der Waals surface area (Å²) in [6.07, 6.45) is 3.20. The van der Waals surface area contributed by atoms with Gasteiger partial charge in [0.25, 0.3) is 5.91 Å². The van der Waals surface area contributed by atoms with Crippen LogP contribution in [-0.2, 0) is 0 Å². The average Bonchev–Trinajstić information content (AvgIpc) is 2.37. The van der Waals surface area contributed by atoms with Crippen LogP contribution in [0, 0.1) is 13.8 Å². The van der Waals surface area contributed by atoms with Crippen molar-refractivity contribution in [1.82, 2.24) is 5.32 Å². The van der Waals surface area contributed by atoms with E-state index in [4.69, 9.17) is 0 Å². The molecule has 0 heterocycles. The number of nitrogens with one attached hydrogen (secondary N) is 1. The van der Waals surface area contributed by atoms with Crippen LogP contribution >= 0.6 is 0 Å². The van der Waals surface area contributed by atoms with Gasteiger partial charge in [-0.2, -0.15) is 0 Å². The Labute approximate surface area is 108 Å². The molecular formula is C15H19NO2. The molecule has 1 amide bonds. The van der Waals surface area contributed by atoms with Crippen LogP contribution in [0.2, 0.25) is 0 Å². The van der Waals surface area contributed by atoms with Crippen molar-refractivity contribution in [3.8, 4) is 0 Å². The number of benzene rings is 1. The first-order valence-corrected chi connectivity index (χ1v) is 5.90. The van der Waals surface area contributed by atoms with Crippen LogP contribution in [0.4, 0.5) is 0 Å². The van der Waals surface area contributed by atoms with E-state index in [9.17, 15) is 9.90 Å². The van der Waals surface area contributed by atoms with Crippen LogP contribution < -0.4 is 5.32 Å². The number of rotatable bonds is 3. The van der Waals surface area contributed by atoms with Crippen molar-refractivity contribution in [3.63, 3.8) is 0 Å². The molecule has 0 aromatic heterocycles. The fraction of sp³-hybridized carbons (Fsp3) is 0.267. The summed E-state index contributed by atoms with van der Waals surface area (Å²) in [4.78, 5) is 12.0. The number of hydrogen-bond acceptors (Lipinski definition) is 2. The first kappa shape index (κ1) is 14.0. The normalized spacial score (nSPS) is 12.4. The first-order chi connectivity index (χ1) is 8.49.